The molecule has 0 aliphatic rings. The van der Waals surface area contributed by atoms with Crippen LogP contribution in [0, 0.1) is 0 Å². The minimum Gasteiger partial charge on any atom is -0.481 e. The van der Waals surface area contributed by atoms with Crippen LogP contribution in [0.5, 0.6) is 5.88 Å². The van der Waals surface area contributed by atoms with Gasteiger partial charge in [-0.1, -0.05) is 50.2 Å². The second-order valence-electron chi connectivity index (χ2n) is 6.47. The third-order valence-corrected chi connectivity index (χ3v) is 3.99. The lowest BCUT2D eigenvalue weighted by Crippen LogP contribution is -2.43. The molecule has 0 aliphatic heterocycles. The molecule has 0 spiro atoms. The first kappa shape index (κ1) is 18.8. The summed E-state index contributed by atoms with van der Waals surface area (Å²) in [5.74, 6) is 1.40. The van der Waals surface area contributed by atoms with E-state index in [2.05, 4.69) is 65.6 Å². The van der Waals surface area contributed by atoms with Crippen LogP contribution in [0.2, 0.25) is 0 Å². The van der Waals surface area contributed by atoms with E-state index >= 15 is 0 Å². The molecule has 0 saturated heterocycles. The highest BCUT2D eigenvalue weighted by molar-refractivity contribution is 5.79. The largest absolute Gasteiger partial charge is 0.481 e. The molecule has 1 aromatic heterocycles. The summed E-state index contributed by atoms with van der Waals surface area (Å²) in [4.78, 5) is 9.03. The molecule has 1 heterocycles. The van der Waals surface area contributed by atoms with Crippen LogP contribution < -0.4 is 15.4 Å². The van der Waals surface area contributed by atoms with Gasteiger partial charge in [0.25, 0.3) is 0 Å². The Hall–Kier alpha value is -2.56. The van der Waals surface area contributed by atoms with Gasteiger partial charge in [-0.2, -0.15) is 0 Å². The van der Waals surface area contributed by atoms with Crippen molar-refractivity contribution in [3.63, 3.8) is 0 Å². The Balaban J connectivity index is 2.02. The second-order valence-corrected chi connectivity index (χ2v) is 6.47. The second kappa shape index (κ2) is 9.06. The van der Waals surface area contributed by atoms with E-state index in [1.54, 1.807) is 7.11 Å². The Kier molecular flexibility index (Phi) is 6.81. The minimum absolute atomic E-state index is 0.00562. The van der Waals surface area contributed by atoms with Crippen molar-refractivity contribution in [1.29, 1.82) is 0 Å². The highest BCUT2D eigenvalue weighted by atomic mass is 16.5. The lowest BCUT2D eigenvalue weighted by Gasteiger charge is -2.26. The van der Waals surface area contributed by atoms with Gasteiger partial charge in [0.2, 0.25) is 5.88 Å². The monoisotopic (exact) mass is 340 g/mol. The Morgan fingerprint density at radius 1 is 1.08 bits per heavy atom. The maximum atomic E-state index is 5.16. The van der Waals surface area contributed by atoms with Crippen LogP contribution in [0.1, 0.15) is 32.0 Å². The van der Waals surface area contributed by atoms with Gasteiger partial charge in [0.05, 0.1) is 19.3 Å². The van der Waals surface area contributed by atoms with Gasteiger partial charge < -0.3 is 15.4 Å². The maximum absolute atomic E-state index is 5.16. The van der Waals surface area contributed by atoms with Crippen LogP contribution in [0.4, 0.5) is 0 Å². The molecular weight excluding hydrogens is 312 g/mol. The molecule has 0 saturated carbocycles. The Morgan fingerprint density at radius 3 is 2.52 bits per heavy atom. The molecule has 0 amide bonds. The van der Waals surface area contributed by atoms with Crippen LogP contribution in [-0.4, -0.2) is 31.1 Å². The zero-order valence-corrected chi connectivity index (χ0v) is 15.5. The molecule has 0 aliphatic carbocycles. The van der Waals surface area contributed by atoms with Gasteiger partial charge in [-0.05, 0) is 18.6 Å². The van der Waals surface area contributed by atoms with Crippen LogP contribution in [0.25, 0.3) is 0 Å². The summed E-state index contributed by atoms with van der Waals surface area (Å²) in [6.45, 7) is 8.60. The SMILES string of the molecule is CCNC(=NCc1cccc(OC)n1)NCC(C)(C)c1ccccc1. The number of rotatable bonds is 7. The fourth-order valence-corrected chi connectivity index (χ4v) is 2.46. The van der Waals surface area contributed by atoms with E-state index in [1.807, 2.05) is 24.3 Å². The van der Waals surface area contributed by atoms with E-state index in [0.29, 0.717) is 12.4 Å². The number of hydrogen-bond acceptors (Lipinski definition) is 3. The molecule has 5 nitrogen and oxygen atoms in total. The Labute approximate surface area is 150 Å². The summed E-state index contributed by atoms with van der Waals surface area (Å²) < 4.78 is 5.16. The van der Waals surface area contributed by atoms with Crippen LogP contribution in [0.3, 0.4) is 0 Å². The summed E-state index contributed by atoms with van der Waals surface area (Å²) in [6, 6.07) is 16.2. The van der Waals surface area contributed by atoms with Crippen molar-refractivity contribution in [2.75, 3.05) is 20.2 Å². The molecule has 0 unspecified atom stereocenters. The minimum atomic E-state index is 0.00562. The normalized spacial score (nSPS) is 11.9. The molecule has 5 heteroatoms. The summed E-state index contributed by atoms with van der Waals surface area (Å²) in [6.07, 6.45) is 0. The van der Waals surface area contributed by atoms with Crippen molar-refractivity contribution in [3.8, 4) is 5.88 Å². The number of methoxy groups -OCH3 is 1. The van der Waals surface area contributed by atoms with E-state index in [1.165, 1.54) is 5.56 Å². The standard InChI is InChI=1S/C20H28N4O/c1-5-21-19(22-14-17-12-9-13-18(24-17)25-4)23-15-20(2,3)16-10-7-6-8-11-16/h6-13H,5,14-15H2,1-4H3,(H2,21,22,23). The Bertz CT molecular complexity index is 683. The van der Waals surface area contributed by atoms with Gasteiger partial charge in [0, 0.05) is 24.6 Å². The van der Waals surface area contributed by atoms with Crippen LogP contribution >= 0.6 is 0 Å². The predicted molar refractivity (Wildman–Crippen MR) is 103 cm³/mol. The van der Waals surface area contributed by atoms with E-state index in [0.717, 1.165) is 24.7 Å². The highest BCUT2D eigenvalue weighted by Crippen LogP contribution is 2.21. The first-order valence-electron chi connectivity index (χ1n) is 8.63. The first-order chi connectivity index (χ1) is 12.0. The average Bonchev–Trinajstić information content (AvgIpc) is 2.65. The summed E-state index contributed by atoms with van der Waals surface area (Å²) in [5, 5.41) is 6.72. The molecule has 1 aromatic carbocycles. The zero-order chi connectivity index (χ0) is 18.1. The third kappa shape index (κ3) is 5.78. The van der Waals surface area contributed by atoms with Crippen molar-refractivity contribution < 1.29 is 4.74 Å². The molecule has 2 N–H and O–H groups in total. The van der Waals surface area contributed by atoms with Crippen molar-refractivity contribution in [1.82, 2.24) is 15.6 Å². The number of benzene rings is 1. The number of guanidine groups is 1. The molecule has 2 aromatic rings. The molecule has 25 heavy (non-hydrogen) atoms. The number of aliphatic imine (C=N–C) groups is 1. The number of pyridine rings is 1. The van der Waals surface area contributed by atoms with Gasteiger partial charge in [0.15, 0.2) is 5.96 Å². The van der Waals surface area contributed by atoms with Gasteiger partial charge >= 0.3 is 0 Å². The highest BCUT2D eigenvalue weighted by Gasteiger charge is 2.20. The van der Waals surface area contributed by atoms with E-state index in [9.17, 15) is 0 Å². The summed E-state index contributed by atoms with van der Waals surface area (Å²) >= 11 is 0. The quantitative estimate of drug-likeness (QED) is 0.601. The average molecular weight is 340 g/mol. The molecule has 0 radical (unpaired) electrons. The number of ether oxygens (including phenoxy) is 1. The van der Waals surface area contributed by atoms with Gasteiger partial charge in [-0.15, -0.1) is 0 Å². The molecule has 0 bridgehead atoms. The lowest BCUT2D eigenvalue weighted by atomic mass is 9.85. The lowest BCUT2D eigenvalue weighted by molar-refractivity contribution is 0.396. The number of nitrogens with one attached hydrogen (secondary N) is 2. The van der Waals surface area contributed by atoms with E-state index < -0.39 is 0 Å². The number of hydrogen-bond donors (Lipinski definition) is 2. The van der Waals surface area contributed by atoms with Crippen molar-refractivity contribution in [2.45, 2.75) is 32.7 Å². The summed E-state index contributed by atoms with van der Waals surface area (Å²) in [5.41, 5.74) is 2.18. The van der Waals surface area contributed by atoms with Crippen molar-refractivity contribution >= 4 is 5.96 Å². The predicted octanol–water partition coefficient (Wildman–Crippen LogP) is 3.12. The third-order valence-electron chi connectivity index (χ3n) is 3.99. The van der Waals surface area contributed by atoms with Crippen LogP contribution in [-0.2, 0) is 12.0 Å². The maximum Gasteiger partial charge on any atom is 0.213 e. The smallest absolute Gasteiger partial charge is 0.213 e. The number of aromatic nitrogens is 1. The van der Waals surface area contributed by atoms with Crippen molar-refractivity contribution in [3.05, 3.63) is 59.8 Å². The molecule has 2 rings (SSSR count). The molecule has 0 fully saturated rings. The van der Waals surface area contributed by atoms with Gasteiger partial charge in [0.1, 0.15) is 0 Å². The number of nitrogens with zero attached hydrogens (tertiary/aromatic N) is 2. The Morgan fingerprint density at radius 2 is 1.84 bits per heavy atom. The zero-order valence-electron chi connectivity index (χ0n) is 15.5. The van der Waals surface area contributed by atoms with Gasteiger partial charge in [-0.3, -0.25) is 0 Å². The van der Waals surface area contributed by atoms with Gasteiger partial charge in [-0.25, -0.2) is 9.98 Å². The van der Waals surface area contributed by atoms with E-state index in [4.69, 9.17) is 4.74 Å². The topological polar surface area (TPSA) is 58.5 Å². The van der Waals surface area contributed by atoms with E-state index in [-0.39, 0.29) is 5.41 Å². The fourth-order valence-electron chi connectivity index (χ4n) is 2.46. The fraction of sp³-hybridized carbons (Fsp3) is 0.400. The first-order valence-corrected chi connectivity index (χ1v) is 8.63. The molecule has 0 atom stereocenters. The molecular formula is C20H28N4O. The molecule has 134 valence electrons. The summed E-state index contributed by atoms with van der Waals surface area (Å²) in [7, 11) is 1.62. The van der Waals surface area contributed by atoms with Crippen molar-refractivity contribution in [2.24, 2.45) is 4.99 Å². The van der Waals surface area contributed by atoms with Crippen LogP contribution in [0.15, 0.2) is 53.5 Å².